The van der Waals surface area contributed by atoms with Gasteiger partial charge in [-0.2, -0.15) is 0 Å². The molecule has 0 aliphatic heterocycles. The molecule has 0 bridgehead atoms. The van der Waals surface area contributed by atoms with Crippen LogP contribution in [0.15, 0.2) is 0 Å². The van der Waals surface area contributed by atoms with Crippen LogP contribution in [0.2, 0.25) is 25.2 Å². The molecule has 0 aromatic carbocycles. The van der Waals surface area contributed by atoms with Crippen molar-refractivity contribution < 1.29 is 0 Å². The minimum Gasteiger partial charge on any atom is -0.0694 e. The van der Waals surface area contributed by atoms with Crippen molar-refractivity contribution in [2.75, 3.05) is 0 Å². The maximum Gasteiger partial charge on any atom is 0.0471 e. The fraction of sp³-hybridized carbons (Fsp3) is 0.857. The Hall–Kier alpha value is 0.217. The zero-order chi connectivity index (χ0) is 6.62. The third-order valence-corrected chi connectivity index (χ3v) is 5.43. The molecular weight excluding hydrogens is 112 g/mol. The van der Waals surface area contributed by atoms with Crippen molar-refractivity contribution in [1.29, 1.82) is 0 Å². The molecule has 0 atom stereocenters. The molecule has 8 heavy (non-hydrogen) atoms. The molecule has 0 heterocycles. The van der Waals surface area contributed by atoms with Gasteiger partial charge in [0.1, 0.15) is 0 Å². The second kappa shape index (κ2) is 3.28. The molecular formula is C7H17Si. The van der Waals surface area contributed by atoms with Crippen LogP contribution in [0.25, 0.3) is 0 Å². The predicted octanol–water partition coefficient (Wildman–Crippen LogP) is 2.94. The zero-order valence-electron chi connectivity index (χ0n) is 6.33. The summed E-state index contributed by atoms with van der Waals surface area (Å²) in [7, 11) is -0.740. The number of hydrogen-bond acceptors (Lipinski definition) is 0. The normalized spacial score (nSPS) is 12.0. The second-order valence-electron chi connectivity index (χ2n) is 3.12. The minimum atomic E-state index is -0.740. The summed E-state index contributed by atoms with van der Waals surface area (Å²) in [5.41, 5.74) is 0. The van der Waals surface area contributed by atoms with Gasteiger partial charge in [-0.1, -0.05) is 45.5 Å². The lowest BCUT2D eigenvalue weighted by Crippen LogP contribution is -2.22. The Morgan fingerprint density at radius 2 is 1.88 bits per heavy atom. The summed E-state index contributed by atoms with van der Waals surface area (Å²) in [5, 5.41) is 0. The van der Waals surface area contributed by atoms with Gasteiger partial charge in [-0.25, -0.2) is 0 Å². The lowest BCUT2D eigenvalue weighted by Gasteiger charge is -2.17. The monoisotopic (exact) mass is 129 g/mol. The quantitative estimate of drug-likeness (QED) is 0.514. The summed E-state index contributed by atoms with van der Waals surface area (Å²) in [6, 6.07) is 2.80. The van der Waals surface area contributed by atoms with E-state index in [1.54, 1.807) is 0 Å². The highest BCUT2D eigenvalue weighted by Crippen LogP contribution is 2.15. The van der Waals surface area contributed by atoms with E-state index in [1.165, 1.54) is 12.1 Å². The van der Waals surface area contributed by atoms with Crippen LogP contribution < -0.4 is 0 Å². The SMILES string of the molecule is [CH2]CC[Si](C)(C)CC. The van der Waals surface area contributed by atoms with E-state index in [4.69, 9.17) is 0 Å². The van der Waals surface area contributed by atoms with Crippen molar-refractivity contribution in [2.45, 2.75) is 38.5 Å². The Balaban J connectivity index is 3.37. The van der Waals surface area contributed by atoms with Gasteiger partial charge in [0.15, 0.2) is 0 Å². The molecule has 0 nitrogen and oxygen atoms in total. The molecule has 0 saturated carbocycles. The second-order valence-corrected chi connectivity index (χ2v) is 8.66. The van der Waals surface area contributed by atoms with E-state index in [0.29, 0.717) is 0 Å². The molecule has 0 aliphatic rings. The van der Waals surface area contributed by atoms with Crippen LogP contribution in [-0.2, 0) is 0 Å². The summed E-state index contributed by atoms with van der Waals surface area (Å²) in [6.45, 7) is 11.0. The van der Waals surface area contributed by atoms with Crippen LogP contribution >= 0.6 is 0 Å². The molecule has 0 aromatic heterocycles. The van der Waals surface area contributed by atoms with Crippen LogP contribution in [0.4, 0.5) is 0 Å². The highest BCUT2D eigenvalue weighted by atomic mass is 28.3. The van der Waals surface area contributed by atoms with E-state index in [9.17, 15) is 0 Å². The molecule has 1 heteroatoms. The Morgan fingerprint density at radius 1 is 1.38 bits per heavy atom. The average Bonchev–Trinajstić information content (AvgIpc) is 1.67. The van der Waals surface area contributed by atoms with Gasteiger partial charge in [0.05, 0.1) is 0 Å². The lowest BCUT2D eigenvalue weighted by atomic mass is 10.6. The van der Waals surface area contributed by atoms with Crippen molar-refractivity contribution in [3.8, 4) is 0 Å². The molecule has 0 amide bonds. The van der Waals surface area contributed by atoms with E-state index >= 15 is 0 Å². The molecule has 1 radical (unpaired) electrons. The molecule has 0 N–H and O–H groups in total. The van der Waals surface area contributed by atoms with E-state index < -0.39 is 8.07 Å². The predicted molar refractivity (Wildman–Crippen MR) is 42.7 cm³/mol. The van der Waals surface area contributed by atoms with Gasteiger partial charge in [0, 0.05) is 8.07 Å². The highest BCUT2D eigenvalue weighted by molar-refractivity contribution is 6.77. The van der Waals surface area contributed by atoms with E-state index in [0.717, 1.165) is 6.42 Å². The molecule has 0 aliphatic carbocycles. The highest BCUT2D eigenvalue weighted by Gasteiger charge is 2.14. The summed E-state index contributed by atoms with van der Waals surface area (Å²) < 4.78 is 0. The fourth-order valence-corrected chi connectivity index (χ4v) is 1.97. The van der Waals surface area contributed by atoms with Gasteiger partial charge in [0.25, 0.3) is 0 Å². The van der Waals surface area contributed by atoms with Gasteiger partial charge in [0.2, 0.25) is 0 Å². The van der Waals surface area contributed by atoms with Crippen molar-refractivity contribution in [2.24, 2.45) is 0 Å². The molecule has 49 valence electrons. The minimum absolute atomic E-state index is 0.740. The standard InChI is InChI=1S/C7H17Si/c1-5-7-8(3,4)6-2/h1,5-7H2,2-4H3. The van der Waals surface area contributed by atoms with Crippen molar-refractivity contribution in [3.05, 3.63) is 6.92 Å². The van der Waals surface area contributed by atoms with E-state index in [2.05, 4.69) is 26.9 Å². The van der Waals surface area contributed by atoms with Gasteiger partial charge < -0.3 is 0 Å². The molecule has 0 saturated heterocycles. The van der Waals surface area contributed by atoms with Crippen molar-refractivity contribution in [1.82, 2.24) is 0 Å². The molecule has 0 spiro atoms. The first-order valence-electron chi connectivity index (χ1n) is 3.41. The van der Waals surface area contributed by atoms with E-state index in [-0.39, 0.29) is 0 Å². The van der Waals surface area contributed by atoms with Crippen molar-refractivity contribution in [3.63, 3.8) is 0 Å². The Bertz CT molecular complexity index is 57.4. The van der Waals surface area contributed by atoms with Crippen LogP contribution in [0, 0.1) is 6.92 Å². The third-order valence-electron chi connectivity index (χ3n) is 1.81. The van der Waals surface area contributed by atoms with Gasteiger partial charge >= 0.3 is 0 Å². The lowest BCUT2D eigenvalue weighted by molar-refractivity contribution is 1.13. The first kappa shape index (κ1) is 8.22. The largest absolute Gasteiger partial charge is 0.0694 e. The van der Waals surface area contributed by atoms with Crippen LogP contribution in [0.5, 0.6) is 0 Å². The Morgan fingerprint density at radius 3 is 2.00 bits per heavy atom. The Kier molecular flexibility index (Phi) is 3.37. The smallest absolute Gasteiger partial charge is 0.0471 e. The first-order valence-corrected chi connectivity index (χ1v) is 6.83. The molecule has 0 fully saturated rings. The first-order chi connectivity index (χ1) is 3.62. The summed E-state index contributed by atoms with van der Waals surface area (Å²) in [5.74, 6) is 0. The molecule has 0 rings (SSSR count). The van der Waals surface area contributed by atoms with Crippen LogP contribution in [0.1, 0.15) is 13.3 Å². The van der Waals surface area contributed by atoms with Gasteiger partial charge in [-0.3, -0.25) is 0 Å². The summed E-state index contributed by atoms with van der Waals surface area (Å²) in [6.07, 6.45) is 1.13. The van der Waals surface area contributed by atoms with Crippen LogP contribution in [-0.4, -0.2) is 8.07 Å². The maximum atomic E-state index is 3.85. The average molecular weight is 129 g/mol. The fourth-order valence-electron chi connectivity index (χ4n) is 0.655. The number of rotatable bonds is 3. The third kappa shape index (κ3) is 3.25. The topological polar surface area (TPSA) is 0 Å². The summed E-state index contributed by atoms with van der Waals surface area (Å²) in [4.78, 5) is 0. The van der Waals surface area contributed by atoms with Gasteiger partial charge in [-0.05, 0) is 0 Å². The van der Waals surface area contributed by atoms with Crippen molar-refractivity contribution >= 4 is 8.07 Å². The van der Waals surface area contributed by atoms with Gasteiger partial charge in [-0.15, -0.1) is 0 Å². The number of hydrogen-bond donors (Lipinski definition) is 0. The van der Waals surface area contributed by atoms with Crippen LogP contribution in [0.3, 0.4) is 0 Å². The molecule has 0 aromatic rings. The Labute approximate surface area is 54.3 Å². The summed E-state index contributed by atoms with van der Waals surface area (Å²) >= 11 is 0. The molecule has 0 unspecified atom stereocenters. The maximum absolute atomic E-state index is 3.85. The zero-order valence-corrected chi connectivity index (χ0v) is 7.33. The van der Waals surface area contributed by atoms with E-state index in [1.807, 2.05) is 0 Å².